The highest BCUT2D eigenvalue weighted by Crippen LogP contribution is 2.34. The number of hydrogen-bond acceptors (Lipinski definition) is 5. The molecule has 1 saturated carbocycles. The Balaban J connectivity index is 1.19. The normalized spacial score (nSPS) is 20.8. The van der Waals surface area contributed by atoms with Crippen LogP contribution in [0.15, 0.2) is 29.2 Å². The van der Waals surface area contributed by atoms with Gasteiger partial charge in [-0.1, -0.05) is 6.42 Å². The number of amides is 1. The standard InChI is InChI=1S/C23H30N4O2S/c1-24-14-17(5-6-22(24)28)21-13-18-15-25(8-7-20(18)30-21)16-23(29)27-11-9-26(10-12-27)19-3-2-4-19/h5-6,13-14,19H,2-4,7-12,15-16H2,1H3. The van der Waals surface area contributed by atoms with Crippen molar-refractivity contribution in [1.29, 1.82) is 0 Å². The molecule has 6 nitrogen and oxygen atoms in total. The summed E-state index contributed by atoms with van der Waals surface area (Å²) in [4.78, 5) is 34.1. The molecule has 0 bridgehead atoms. The van der Waals surface area contributed by atoms with Gasteiger partial charge in [0, 0.05) is 79.9 Å². The minimum absolute atomic E-state index is 0.0123. The minimum atomic E-state index is 0.0123. The van der Waals surface area contributed by atoms with Gasteiger partial charge in [-0.25, -0.2) is 0 Å². The number of nitrogens with zero attached hydrogens (tertiary/aromatic N) is 4. The molecule has 2 aromatic rings. The molecule has 0 spiro atoms. The lowest BCUT2D eigenvalue weighted by molar-refractivity contribution is -0.135. The van der Waals surface area contributed by atoms with Crippen LogP contribution in [0.1, 0.15) is 29.7 Å². The summed E-state index contributed by atoms with van der Waals surface area (Å²) in [7, 11) is 1.79. The highest BCUT2D eigenvalue weighted by Gasteiger charge is 2.30. The molecule has 5 rings (SSSR count). The molecule has 0 radical (unpaired) electrons. The number of pyridine rings is 1. The SMILES string of the molecule is Cn1cc(-c2cc3c(s2)CCN(CC(=O)N2CCN(C4CCC4)CC2)C3)ccc1=O. The van der Waals surface area contributed by atoms with Crippen LogP contribution in [0, 0.1) is 0 Å². The van der Waals surface area contributed by atoms with Gasteiger partial charge in [-0.2, -0.15) is 0 Å². The zero-order chi connectivity index (χ0) is 20.7. The number of hydrogen-bond donors (Lipinski definition) is 0. The summed E-state index contributed by atoms with van der Waals surface area (Å²) < 4.78 is 1.63. The summed E-state index contributed by atoms with van der Waals surface area (Å²) >= 11 is 1.82. The monoisotopic (exact) mass is 426 g/mol. The number of carbonyl (C=O) groups excluding carboxylic acids is 1. The molecule has 3 aliphatic rings. The third kappa shape index (κ3) is 3.98. The Bertz CT molecular complexity index is 985. The molecule has 1 saturated heterocycles. The fourth-order valence-corrected chi connectivity index (χ4v) is 5.94. The van der Waals surface area contributed by atoms with Gasteiger partial charge in [0.2, 0.25) is 11.5 Å². The largest absolute Gasteiger partial charge is 0.339 e. The second kappa shape index (κ2) is 8.29. The van der Waals surface area contributed by atoms with Crippen molar-refractivity contribution in [3.63, 3.8) is 0 Å². The maximum atomic E-state index is 12.9. The van der Waals surface area contributed by atoms with E-state index in [0.29, 0.717) is 6.54 Å². The average Bonchev–Trinajstić information content (AvgIpc) is 3.13. The lowest BCUT2D eigenvalue weighted by atomic mass is 9.91. The molecular weight excluding hydrogens is 396 g/mol. The van der Waals surface area contributed by atoms with Crippen LogP contribution in [0.4, 0.5) is 0 Å². The minimum Gasteiger partial charge on any atom is -0.339 e. The molecule has 0 N–H and O–H groups in total. The van der Waals surface area contributed by atoms with E-state index < -0.39 is 0 Å². The molecule has 2 aliphatic heterocycles. The van der Waals surface area contributed by atoms with Crippen molar-refractivity contribution in [3.05, 3.63) is 45.2 Å². The molecule has 7 heteroatoms. The Labute approximate surface area is 181 Å². The van der Waals surface area contributed by atoms with E-state index >= 15 is 0 Å². The summed E-state index contributed by atoms with van der Waals surface area (Å²) in [5, 5.41) is 0. The number of piperazine rings is 1. The van der Waals surface area contributed by atoms with Gasteiger partial charge < -0.3 is 9.47 Å². The van der Waals surface area contributed by atoms with Crippen molar-refractivity contribution in [1.82, 2.24) is 19.3 Å². The van der Waals surface area contributed by atoms with E-state index in [1.165, 1.54) is 34.6 Å². The van der Waals surface area contributed by atoms with Crippen molar-refractivity contribution in [2.24, 2.45) is 7.05 Å². The number of fused-ring (bicyclic) bond motifs is 1. The molecule has 1 amide bonds. The molecule has 2 fully saturated rings. The van der Waals surface area contributed by atoms with E-state index in [-0.39, 0.29) is 11.5 Å². The van der Waals surface area contributed by atoms with Gasteiger partial charge in [0.25, 0.3) is 0 Å². The first-order chi connectivity index (χ1) is 14.6. The number of thiophene rings is 1. The van der Waals surface area contributed by atoms with Gasteiger partial charge in [-0.3, -0.25) is 19.4 Å². The topological polar surface area (TPSA) is 48.8 Å². The third-order valence-electron chi connectivity index (χ3n) is 6.93. The smallest absolute Gasteiger partial charge is 0.250 e. The Kier molecular flexibility index (Phi) is 5.52. The molecule has 1 aliphatic carbocycles. The number of aromatic nitrogens is 1. The quantitative estimate of drug-likeness (QED) is 0.752. The molecule has 0 unspecified atom stereocenters. The van der Waals surface area contributed by atoms with E-state index in [1.54, 1.807) is 17.7 Å². The summed E-state index contributed by atoms with van der Waals surface area (Å²) in [5.74, 6) is 0.278. The van der Waals surface area contributed by atoms with Crippen LogP contribution in [0.25, 0.3) is 10.4 Å². The lowest BCUT2D eigenvalue weighted by Gasteiger charge is -2.43. The van der Waals surface area contributed by atoms with E-state index in [9.17, 15) is 9.59 Å². The van der Waals surface area contributed by atoms with Crippen LogP contribution < -0.4 is 5.56 Å². The fraction of sp³-hybridized carbons (Fsp3) is 0.565. The van der Waals surface area contributed by atoms with E-state index in [2.05, 4.69) is 20.8 Å². The number of aryl methyl sites for hydroxylation is 1. The molecule has 160 valence electrons. The van der Waals surface area contributed by atoms with Crippen molar-refractivity contribution >= 4 is 17.2 Å². The highest BCUT2D eigenvalue weighted by atomic mass is 32.1. The van der Waals surface area contributed by atoms with Crippen LogP contribution in [0.2, 0.25) is 0 Å². The fourth-order valence-electron chi connectivity index (χ4n) is 4.79. The molecule has 4 heterocycles. The molecule has 2 aromatic heterocycles. The summed E-state index contributed by atoms with van der Waals surface area (Å²) in [5.41, 5.74) is 2.43. The van der Waals surface area contributed by atoms with Gasteiger partial charge in [0.1, 0.15) is 0 Å². The van der Waals surface area contributed by atoms with Gasteiger partial charge >= 0.3 is 0 Å². The first-order valence-electron chi connectivity index (χ1n) is 11.1. The van der Waals surface area contributed by atoms with Crippen molar-refractivity contribution in [2.45, 2.75) is 38.3 Å². The maximum absolute atomic E-state index is 12.9. The van der Waals surface area contributed by atoms with Crippen LogP contribution in [0.3, 0.4) is 0 Å². The second-order valence-electron chi connectivity index (χ2n) is 8.89. The van der Waals surface area contributed by atoms with Crippen LogP contribution in [0.5, 0.6) is 0 Å². The summed E-state index contributed by atoms with van der Waals surface area (Å²) in [6.07, 6.45) is 6.95. The zero-order valence-corrected chi connectivity index (χ0v) is 18.5. The van der Waals surface area contributed by atoms with Crippen LogP contribution in [-0.4, -0.2) is 70.5 Å². The summed E-state index contributed by atoms with van der Waals surface area (Å²) in [6.45, 7) is 6.13. The predicted molar refractivity (Wildman–Crippen MR) is 120 cm³/mol. The molecule has 0 aromatic carbocycles. The second-order valence-corrected chi connectivity index (χ2v) is 10.0. The maximum Gasteiger partial charge on any atom is 0.250 e. The summed E-state index contributed by atoms with van der Waals surface area (Å²) in [6, 6.07) is 6.56. The Morgan fingerprint density at radius 3 is 2.63 bits per heavy atom. The Morgan fingerprint density at radius 1 is 1.13 bits per heavy atom. The van der Waals surface area contributed by atoms with E-state index in [4.69, 9.17) is 0 Å². The Morgan fingerprint density at radius 2 is 1.93 bits per heavy atom. The van der Waals surface area contributed by atoms with Crippen molar-refractivity contribution < 1.29 is 4.79 Å². The molecular formula is C23H30N4O2S. The van der Waals surface area contributed by atoms with Gasteiger partial charge in [-0.15, -0.1) is 11.3 Å². The zero-order valence-electron chi connectivity index (χ0n) is 17.7. The highest BCUT2D eigenvalue weighted by molar-refractivity contribution is 7.15. The predicted octanol–water partition coefficient (Wildman–Crippen LogP) is 2.17. The number of rotatable bonds is 4. The van der Waals surface area contributed by atoms with Crippen molar-refractivity contribution in [3.8, 4) is 10.4 Å². The van der Waals surface area contributed by atoms with E-state index in [1.807, 2.05) is 23.6 Å². The van der Waals surface area contributed by atoms with Gasteiger partial charge in [-0.05, 0) is 37.0 Å². The van der Waals surface area contributed by atoms with Crippen LogP contribution >= 0.6 is 11.3 Å². The van der Waals surface area contributed by atoms with E-state index in [0.717, 1.165) is 57.3 Å². The van der Waals surface area contributed by atoms with Gasteiger partial charge in [0.15, 0.2) is 0 Å². The molecule has 0 atom stereocenters. The third-order valence-corrected chi connectivity index (χ3v) is 8.22. The van der Waals surface area contributed by atoms with Crippen molar-refractivity contribution in [2.75, 3.05) is 39.3 Å². The number of carbonyl (C=O) groups is 1. The molecule has 30 heavy (non-hydrogen) atoms. The first-order valence-corrected chi connectivity index (χ1v) is 11.9. The Hall–Kier alpha value is -1.96. The van der Waals surface area contributed by atoms with Crippen LogP contribution in [-0.2, 0) is 24.8 Å². The average molecular weight is 427 g/mol. The lowest BCUT2D eigenvalue weighted by Crippen LogP contribution is -2.55. The van der Waals surface area contributed by atoms with Gasteiger partial charge in [0.05, 0.1) is 6.54 Å². The first kappa shape index (κ1) is 20.0.